The molecule has 20 heavy (non-hydrogen) atoms. The van der Waals surface area contributed by atoms with Gasteiger partial charge >= 0.3 is 0 Å². The highest BCUT2D eigenvalue weighted by molar-refractivity contribution is 7.89. The van der Waals surface area contributed by atoms with E-state index in [1.165, 1.54) is 16.7 Å². The van der Waals surface area contributed by atoms with Gasteiger partial charge in [0.05, 0.1) is 12.1 Å². The van der Waals surface area contributed by atoms with E-state index >= 15 is 0 Å². The second-order valence-corrected chi connectivity index (χ2v) is 6.81. The molecule has 2 rings (SSSR count). The van der Waals surface area contributed by atoms with Gasteiger partial charge in [0.2, 0.25) is 15.9 Å². The number of likely N-dealkylation sites (N-methyl/N-ethyl adjacent to an activating group) is 1. The quantitative estimate of drug-likeness (QED) is 0.724. The number of aromatic amines is 1. The molecule has 1 aliphatic rings. The van der Waals surface area contributed by atoms with Gasteiger partial charge in [-0.1, -0.05) is 0 Å². The van der Waals surface area contributed by atoms with Crippen molar-refractivity contribution in [1.82, 2.24) is 24.7 Å². The lowest BCUT2D eigenvalue weighted by molar-refractivity contribution is -0.124. The molecule has 1 aromatic rings. The number of H-pyrrole nitrogens is 1. The van der Waals surface area contributed by atoms with E-state index in [1.807, 2.05) is 11.9 Å². The molecule has 1 amide bonds. The van der Waals surface area contributed by atoms with Gasteiger partial charge in [-0.25, -0.2) is 8.42 Å². The average Bonchev–Trinajstić information content (AvgIpc) is 2.88. The third-order valence-corrected chi connectivity index (χ3v) is 5.25. The highest BCUT2D eigenvalue weighted by Crippen LogP contribution is 2.18. The number of carbonyl (C=O) groups excluding carboxylic acids is 1. The Hall–Kier alpha value is -1.45. The summed E-state index contributed by atoms with van der Waals surface area (Å²) in [4.78, 5) is 13.9. The molecule has 0 aromatic carbocycles. The van der Waals surface area contributed by atoms with Crippen LogP contribution >= 0.6 is 0 Å². The molecule has 0 aliphatic carbocycles. The summed E-state index contributed by atoms with van der Waals surface area (Å²) >= 11 is 0. The average molecular weight is 301 g/mol. The van der Waals surface area contributed by atoms with E-state index in [-0.39, 0.29) is 23.3 Å². The molecule has 0 spiro atoms. The Bertz CT molecular complexity index is 557. The lowest BCUT2D eigenvalue weighted by atomic mass is 10.1. The molecule has 8 nitrogen and oxygen atoms in total. The third kappa shape index (κ3) is 3.00. The Balaban J connectivity index is 2.25. The SMILES string of the molecule is CNC(=O)[C@H]1CN(C)CCN(S(=O)(=O)c2cn[nH]c2)C1. The predicted octanol–water partition coefficient (Wildman–Crippen LogP) is -1.29. The summed E-state index contributed by atoms with van der Waals surface area (Å²) in [6, 6.07) is 0. The summed E-state index contributed by atoms with van der Waals surface area (Å²) in [6.07, 6.45) is 2.62. The van der Waals surface area contributed by atoms with Crippen LogP contribution in [-0.2, 0) is 14.8 Å². The van der Waals surface area contributed by atoms with Crippen molar-refractivity contribution >= 4 is 15.9 Å². The van der Waals surface area contributed by atoms with E-state index in [1.54, 1.807) is 7.05 Å². The van der Waals surface area contributed by atoms with E-state index in [0.717, 1.165) is 0 Å². The minimum atomic E-state index is -3.61. The first-order valence-electron chi connectivity index (χ1n) is 6.34. The zero-order valence-corrected chi connectivity index (χ0v) is 12.4. The minimum absolute atomic E-state index is 0.123. The van der Waals surface area contributed by atoms with Gasteiger partial charge in [-0.15, -0.1) is 0 Å². The lowest BCUT2D eigenvalue weighted by Crippen LogP contribution is -2.41. The molecule has 0 saturated carbocycles. The van der Waals surface area contributed by atoms with Crippen LogP contribution in [-0.4, -0.2) is 74.0 Å². The Kier molecular flexibility index (Phi) is 4.41. The van der Waals surface area contributed by atoms with Crippen LogP contribution in [0.1, 0.15) is 0 Å². The molecule has 0 radical (unpaired) electrons. The molecule has 1 fully saturated rings. The van der Waals surface area contributed by atoms with Crippen LogP contribution in [0.15, 0.2) is 17.3 Å². The van der Waals surface area contributed by atoms with Gasteiger partial charge in [0.1, 0.15) is 4.90 Å². The Labute approximate surface area is 118 Å². The largest absolute Gasteiger partial charge is 0.359 e. The summed E-state index contributed by atoms with van der Waals surface area (Å²) in [5, 5.41) is 8.75. The first-order valence-corrected chi connectivity index (χ1v) is 7.78. The van der Waals surface area contributed by atoms with Crippen molar-refractivity contribution in [3.63, 3.8) is 0 Å². The Morgan fingerprint density at radius 3 is 2.80 bits per heavy atom. The van der Waals surface area contributed by atoms with Crippen molar-refractivity contribution in [3.05, 3.63) is 12.4 Å². The van der Waals surface area contributed by atoms with Crippen molar-refractivity contribution in [2.24, 2.45) is 5.92 Å². The van der Waals surface area contributed by atoms with Gasteiger partial charge in [-0.2, -0.15) is 9.40 Å². The zero-order chi connectivity index (χ0) is 14.8. The summed E-state index contributed by atoms with van der Waals surface area (Å²) in [6.45, 7) is 1.66. The van der Waals surface area contributed by atoms with Crippen molar-refractivity contribution in [3.8, 4) is 0 Å². The topological polar surface area (TPSA) is 98.4 Å². The highest BCUT2D eigenvalue weighted by Gasteiger charge is 2.33. The fourth-order valence-electron chi connectivity index (χ4n) is 2.26. The molecule has 0 bridgehead atoms. The van der Waals surface area contributed by atoms with Crippen LogP contribution in [0.3, 0.4) is 0 Å². The second kappa shape index (κ2) is 5.90. The number of nitrogens with zero attached hydrogens (tertiary/aromatic N) is 3. The first-order chi connectivity index (χ1) is 9.45. The van der Waals surface area contributed by atoms with E-state index in [4.69, 9.17) is 0 Å². The van der Waals surface area contributed by atoms with Crippen LogP contribution in [0.4, 0.5) is 0 Å². The Morgan fingerprint density at radius 1 is 1.45 bits per heavy atom. The number of sulfonamides is 1. The highest BCUT2D eigenvalue weighted by atomic mass is 32.2. The molecule has 2 N–H and O–H groups in total. The maximum atomic E-state index is 12.5. The van der Waals surface area contributed by atoms with Gasteiger partial charge in [-0.05, 0) is 7.05 Å². The summed E-state index contributed by atoms with van der Waals surface area (Å²) in [5.74, 6) is -0.527. The molecular formula is C11H19N5O3S. The summed E-state index contributed by atoms with van der Waals surface area (Å²) in [5.41, 5.74) is 0. The molecule has 1 aromatic heterocycles. The normalized spacial score (nSPS) is 22.4. The van der Waals surface area contributed by atoms with Gasteiger partial charge in [0.15, 0.2) is 0 Å². The number of hydrogen-bond donors (Lipinski definition) is 2. The van der Waals surface area contributed by atoms with E-state index < -0.39 is 10.0 Å². The van der Waals surface area contributed by atoms with Crippen LogP contribution in [0.5, 0.6) is 0 Å². The number of amides is 1. The molecule has 0 unspecified atom stereocenters. The zero-order valence-electron chi connectivity index (χ0n) is 11.5. The molecule has 1 aliphatic heterocycles. The summed E-state index contributed by atoms with van der Waals surface area (Å²) in [7, 11) is -0.171. The number of rotatable bonds is 3. The van der Waals surface area contributed by atoms with E-state index in [9.17, 15) is 13.2 Å². The smallest absolute Gasteiger partial charge is 0.246 e. The molecule has 9 heteroatoms. The first kappa shape index (κ1) is 14.9. The van der Waals surface area contributed by atoms with Crippen molar-refractivity contribution in [2.75, 3.05) is 40.3 Å². The van der Waals surface area contributed by atoms with Gasteiger partial charge in [0, 0.05) is 39.4 Å². The van der Waals surface area contributed by atoms with Crippen molar-refractivity contribution in [2.45, 2.75) is 4.90 Å². The monoisotopic (exact) mass is 301 g/mol. The number of aromatic nitrogens is 2. The van der Waals surface area contributed by atoms with Crippen LogP contribution < -0.4 is 5.32 Å². The fourth-order valence-corrected chi connectivity index (χ4v) is 3.65. The molecular weight excluding hydrogens is 282 g/mol. The minimum Gasteiger partial charge on any atom is -0.359 e. The fraction of sp³-hybridized carbons (Fsp3) is 0.636. The van der Waals surface area contributed by atoms with Crippen LogP contribution in [0, 0.1) is 5.92 Å². The van der Waals surface area contributed by atoms with E-state index in [0.29, 0.717) is 19.6 Å². The number of hydrogen-bond acceptors (Lipinski definition) is 5. The molecule has 2 heterocycles. The van der Waals surface area contributed by atoms with Crippen molar-refractivity contribution in [1.29, 1.82) is 0 Å². The standard InChI is InChI=1S/C11H19N5O3S/c1-12-11(17)9-7-15(2)3-4-16(8-9)20(18,19)10-5-13-14-6-10/h5-6,9H,3-4,7-8H2,1-2H3,(H,12,17)(H,13,14)/t9-/m0/s1. The van der Waals surface area contributed by atoms with Gasteiger partial charge < -0.3 is 10.2 Å². The van der Waals surface area contributed by atoms with Crippen LogP contribution in [0.25, 0.3) is 0 Å². The van der Waals surface area contributed by atoms with E-state index in [2.05, 4.69) is 15.5 Å². The molecule has 1 atom stereocenters. The van der Waals surface area contributed by atoms with Crippen LogP contribution in [0.2, 0.25) is 0 Å². The summed E-state index contributed by atoms with van der Waals surface area (Å²) < 4.78 is 26.3. The molecule has 112 valence electrons. The maximum absolute atomic E-state index is 12.5. The van der Waals surface area contributed by atoms with Gasteiger partial charge in [-0.3, -0.25) is 9.89 Å². The third-order valence-electron chi connectivity index (χ3n) is 3.42. The van der Waals surface area contributed by atoms with Gasteiger partial charge in [0.25, 0.3) is 0 Å². The lowest BCUT2D eigenvalue weighted by Gasteiger charge is -2.22. The molecule has 1 saturated heterocycles. The second-order valence-electron chi connectivity index (χ2n) is 4.87. The van der Waals surface area contributed by atoms with Crippen molar-refractivity contribution < 1.29 is 13.2 Å². The maximum Gasteiger partial charge on any atom is 0.246 e. The number of nitrogens with one attached hydrogen (secondary N) is 2. The number of carbonyl (C=O) groups is 1. The Morgan fingerprint density at radius 2 is 2.20 bits per heavy atom. The predicted molar refractivity (Wildman–Crippen MR) is 72.4 cm³/mol.